The highest BCUT2D eigenvalue weighted by molar-refractivity contribution is 5.84. The van der Waals surface area contributed by atoms with Crippen LogP contribution in [0.5, 0.6) is 0 Å². The van der Waals surface area contributed by atoms with Crippen molar-refractivity contribution >= 4 is 11.9 Å². The van der Waals surface area contributed by atoms with Crippen molar-refractivity contribution in [2.75, 3.05) is 19.6 Å². The second kappa shape index (κ2) is 4.61. The molecule has 1 aliphatic carbocycles. The Bertz CT molecular complexity index is 504. The minimum absolute atomic E-state index is 0.0328. The molecule has 1 aliphatic heterocycles. The fourth-order valence-corrected chi connectivity index (χ4v) is 2.01. The van der Waals surface area contributed by atoms with E-state index in [1.165, 1.54) is 10.9 Å². The molecule has 2 N–H and O–H groups in total. The highest BCUT2D eigenvalue weighted by Gasteiger charge is 2.33. The van der Waals surface area contributed by atoms with Crippen molar-refractivity contribution in [3.8, 4) is 0 Å². The lowest BCUT2D eigenvalue weighted by atomic mass is 10.1. The van der Waals surface area contributed by atoms with Gasteiger partial charge in [-0.05, 0) is 12.8 Å². The highest BCUT2D eigenvalue weighted by atomic mass is 16.4. The summed E-state index contributed by atoms with van der Waals surface area (Å²) < 4.78 is 1.52. The number of likely N-dealkylation sites (tertiary alicyclic amines) is 1. The first-order valence-electron chi connectivity index (χ1n) is 6.30. The van der Waals surface area contributed by atoms with Crippen molar-refractivity contribution in [1.29, 1.82) is 0 Å². The Labute approximate surface area is 109 Å². The Morgan fingerprint density at radius 3 is 2.74 bits per heavy atom. The standard InChI is InChI=1S/C11H15N5O3/c17-10(3-12-7-1-2-7)15-4-8(5-15)16-6-9(11(18)19)13-14-16/h6-8,12H,1-5H2,(H,18,19). The van der Waals surface area contributed by atoms with Crippen LogP contribution < -0.4 is 5.32 Å². The smallest absolute Gasteiger partial charge is 0.358 e. The van der Waals surface area contributed by atoms with Crippen molar-refractivity contribution in [2.45, 2.75) is 24.9 Å². The number of carboxylic acid groups (broad SMARTS) is 1. The number of rotatable bonds is 5. The molecule has 1 saturated heterocycles. The van der Waals surface area contributed by atoms with Crippen LogP contribution >= 0.6 is 0 Å². The summed E-state index contributed by atoms with van der Waals surface area (Å²) in [5.74, 6) is -1.01. The maximum Gasteiger partial charge on any atom is 0.358 e. The monoisotopic (exact) mass is 265 g/mol. The van der Waals surface area contributed by atoms with Gasteiger partial charge < -0.3 is 15.3 Å². The normalized spacial score (nSPS) is 19.3. The van der Waals surface area contributed by atoms with Gasteiger partial charge in [-0.15, -0.1) is 5.10 Å². The van der Waals surface area contributed by atoms with Gasteiger partial charge in [0.25, 0.3) is 0 Å². The van der Waals surface area contributed by atoms with Crippen LogP contribution in [0.15, 0.2) is 6.20 Å². The Hall–Kier alpha value is -1.96. The molecule has 0 radical (unpaired) electrons. The number of aromatic nitrogens is 3. The fourth-order valence-electron chi connectivity index (χ4n) is 2.01. The molecule has 0 bridgehead atoms. The van der Waals surface area contributed by atoms with E-state index in [0.29, 0.717) is 25.7 Å². The third-order valence-corrected chi connectivity index (χ3v) is 3.44. The quantitative estimate of drug-likeness (QED) is 0.716. The zero-order chi connectivity index (χ0) is 13.4. The Morgan fingerprint density at radius 1 is 1.42 bits per heavy atom. The summed E-state index contributed by atoms with van der Waals surface area (Å²) in [6.07, 6.45) is 3.72. The summed E-state index contributed by atoms with van der Waals surface area (Å²) in [6.45, 7) is 1.51. The van der Waals surface area contributed by atoms with Gasteiger partial charge in [-0.3, -0.25) is 4.79 Å². The van der Waals surface area contributed by atoms with E-state index in [1.807, 2.05) is 0 Å². The molecule has 0 aromatic carbocycles. The first-order chi connectivity index (χ1) is 9.13. The van der Waals surface area contributed by atoms with E-state index in [9.17, 15) is 9.59 Å². The van der Waals surface area contributed by atoms with E-state index in [4.69, 9.17) is 5.11 Å². The Balaban J connectivity index is 1.48. The molecular formula is C11H15N5O3. The zero-order valence-electron chi connectivity index (χ0n) is 10.3. The molecule has 0 unspecified atom stereocenters. The molecule has 1 aromatic heterocycles. The molecule has 1 aromatic rings. The summed E-state index contributed by atoms with van der Waals surface area (Å²) >= 11 is 0. The van der Waals surface area contributed by atoms with Gasteiger partial charge in [-0.1, -0.05) is 5.21 Å². The molecule has 2 fully saturated rings. The summed E-state index contributed by atoms with van der Waals surface area (Å²) in [5.41, 5.74) is -0.0693. The van der Waals surface area contributed by atoms with E-state index in [2.05, 4.69) is 15.6 Å². The number of nitrogens with zero attached hydrogens (tertiary/aromatic N) is 4. The molecule has 8 nitrogen and oxygen atoms in total. The van der Waals surface area contributed by atoms with E-state index in [1.54, 1.807) is 4.90 Å². The highest BCUT2D eigenvalue weighted by Crippen LogP contribution is 2.21. The third kappa shape index (κ3) is 2.58. The van der Waals surface area contributed by atoms with Gasteiger partial charge in [-0.2, -0.15) is 0 Å². The zero-order valence-corrected chi connectivity index (χ0v) is 10.3. The Morgan fingerprint density at radius 2 is 2.16 bits per heavy atom. The lowest BCUT2D eigenvalue weighted by molar-refractivity contribution is -0.136. The number of nitrogens with one attached hydrogen (secondary N) is 1. The minimum Gasteiger partial charge on any atom is -0.476 e. The van der Waals surface area contributed by atoms with Crippen molar-refractivity contribution in [3.63, 3.8) is 0 Å². The van der Waals surface area contributed by atoms with Gasteiger partial charge >= 0.3 is 5.97 Å². The van der Waals surface area contributed by atoms with Crippen LogP contribution in [-0.4, -0.2) is 62.6 Å². The number of carbonyl (C=O) groups is 2. The Kier molecular flexibility index (Phi) is 2.94. The van der Waals surface area contributed by atoms with Crippen LogP contribution in [0.4, 0.5) is 0 Å². The molecule has 2 heterocycles. The minimum atomic E-state index is -1.09. The van der Waals surface area contributed by atoms with Crippen LogP contribution in [0.3, 0.4) is 0 Å². The first-order valence-corrected chi connectivity index (χ1v) is 6.30. The largest absolute Gasteiger partial charge is 0.476 e. The molecule has 0 atom stereocenters. The van der Waals surface area contributed by atoms with Crippen LogP contribution in [0.1, 0.15) is 29.4 Å². The van der Waals surface area contributed by atoms with Crippen LogP contribution in [0, 0.1) is 0 Å². The van der Waals surface area contributed by atoms with Crippen molar-refractivity contribution in [3.05, 3.63) is 11.9 Å². The molecule has 0 spiro atoms. The van der Waals surface area contributed by atoms with Crippen molar-refractivity contribution in [1.82, 2.24) is 25.2 Å². The molecule has 8 heteroatoms. The molecule has 102 valence electrons. The summed E-state index contributed by atoms with van der Waals surface area (Å²) in [7, 11) is 0. The summed E-state index contributed by atoms with van der Waals surface area (Å²) in [5, 5.41) is 19.2. The third-order valence-electron chi connectivity index (χ3n) is 3.44. The number of aromatic carboxylic acids is 1. The number of carboxylic acids is 1. The van der Waals surface area contributed by atoms with Gasteiger partial charge in [0.05, 0.1) is 18.8 Å². The maximum atomic E-state index is 11.8. The van der Waals surface area contributed by atoms with Gasteiger partial charge in [0, 0.05) is 19.1 Å². The molecule has 3 rings (SSSR count). The van der Waals surface area contributed by atoms with Crippen molar-refractivity contribution in [2.24, 2.45) is 0 Å². The molecule has 2 aliphatic rings. The van der Waals surface area contributed by atoms with E-state index >= 15 is 0 Å². The fraction of sp³-hybridized carbons (Fsp3) is 0.636. The van der Waals surface area contributed by atoms with Gasteiger partial charge in [0.15, 0.2) is 5.69 Å². The molecule has 19 heavy (non-hydrogen) atoms. The SMILES string of the molecule is O=C(O)c1cn(C2CN(C(=O)CNC3CC3)C2)nn1. The predicted molar refractivity (Wildman–Crippen MR) is 63.6 cm³/mol. The lowest BCUT2D eigenvalue weighted by Gasteiger charge is -2.38. The van der Waals surface area contributed by atoms with Crippen LogP contribution in [0.25, 0.3) is 0 Å². The number of hydrogen-bond donors (Lipinski definition) is 2. The molecular weight excluding hydrogens is 250 g/mol. The average molecular weight is 265 g/mol. The number of amides is 1. The second-order valence-corrected chi connectivity index (χ2v) is 5.00. The van der Waals surface area contributed by atoms with E-state index < -0.39 is 5.97 Å². The van der Waals surface area contributed by atoms with Crippen LogP contribution in [-0.2, 0) is 4.79 Å². The average Bonchev–Trinajstić information content (AvgIpc) is 3.02. The number of carbonyl (C=O) groups excluding carboxylic acids is 1. The molecule has 1 saturated carbocycles. The van der Waals surface area contributed by atoms with Crippen LogP contribution in [0.2, 0.25) is 0 Å². The predicted octanol–water partition coefficient (Wildman–Crippen LogP) is -0.888. The summed E-state index contributed by atoms with van der Waals surface area (Å²) in [4.78, 5) is 24.2. The van der Waals surface area contributed by atoms with Crippen molar-refractivity contribution < 1.29 is 14.7 Å². The number of hydrogen-bond acceptors (Lipinski definition) is 5. The molecule has 1 amide bonds. The van der Waals surface area contributed by atoms with E-state index in [-0.39, 0.29) is 17.6 Å². The van der Waals surface area contributed by atoms with E-state index in [0.717, 1.165) is 12.8 Å². The van der Waals surface area contributed by atoms with Gasteiger partial charge in [-0.25, -0.2) is 9.48 Å². The second-order valence-electron chi connectivity index (χ2n) is 5.00. The summed E-state index contributed by atoms with van der Waals surface area (Å²) in [6, 6.07) is 0.555. The van der Waals surface area contributed by atoms with Gasteiger partial charge in [0.1, 0.15) is 0 Å². The lowest BCUT2D eigenvalue weighted by Crippen LogP contribution is -2.53. The maximum absolute atomic E-state index is 11.8. The van der Waals surface area contributed by atoms with Gasteiger partial charge in [0.2, 0.25) is 5.91 Å². The first kappa shape index (κ1) is 12.1. The topological polar surface area (TPSA) is 100 Å².